The maximum atomic E-state index is 12.9. The van der Waals surface area contributed by atoms with Crippen molar-refractivity contribution in [2.45, 2.75) is 12.1 Å². The van der Waals surface area contributed by atoms with E-state index in [-0.39, 0.29) is 6.61 Å². The van der Waals surface area contributed by atoms with Crippen molar-refractivity contribution in [1.82, 2.24) is 5.32 Å². The molecule has 0 fully saturated rings. The molecule has 1 amide bonds. The first kappa shape index (κ1) is 14.9. The Balaban J connectivity index is 1.69. The van der Waals surface area contributed by atoms with E-state index in [4.69, 9.17) is 9.47 Å². The smallest absolute Gasteiger partial charge is 0.265 e. The Morgan fingerprint density at radius 2 is 1.91 bits per heavy atom. The predicted octanol–water partition coefficient (Wildman–Crippen LogP) is 2.35. The van der Waals surface area contributed by atoms with Crippen LogP contribution in [-0.4, -0.2) is 18.6 Å². The Kier molecular flexibility index (Phi) is 4.11. The first-order chi connectivity index (χ1) is 11.2. The molecule has 5 nitrogen and oxygen atoms in total. The Labute approximate surface area is 132 Å². The molecule has 1 aliphatic heterocycles. The lowest BCUT2D eigenvalue weighted by Crippen LogP contribution is -2.45. The molecule has 3 rings (SSSR count). The predicted molar refractivity (Wildman–Crippen MR) is 79.2 cm³/mol. The van der Waals surface area contributed by atoms with Crippen LogP contribution in [0.2, 0.25) is 0 Å². The zero-order valence-electron chi connectivity index (χ0n) is 12.0. The third-order valence-electron chi connectivity index (χ3n) is 3.42. The van der Waals surface area contributed by atoms with Gasteiger partial charge >= 0.3 is 0 Å². The number of amides is 1. The highest BCUT2D eigenvalue weighted by molar-refractivity contribution is 5.82. The summed E-state index contributed by atoms with van der Waals surface area (Å²) in [5.41, 5.74) is 0.499. The van der Waals surface area contributed by atoms with Gasteiger partial charge in [0.25, 0.3) is 5.91 Å². The van der Waals surface area contributed by atoms with E-state index in [2.05, 4.69) is 5.32 Å². The first-order valence-corrected chi connectivity index (χ1v) is 7.01. The van der Waals surface area contributed by atoms with Crippen LogP contribution in [0.15, 0.2) is 48.5 Å². The molecule has 0 aliphatic carbocycles. The second-order valence-electron chi connectivity index (χ2n) is 4.99. The lowest BCUT2D eigenvalue weighted by atomic mass is 10.1. The molecule has 0 saturated heterocycles. The number of halogens is 1. The highest BCUT2D eigenvalue weighted by Crippen LogP contribution is 2.31. The Morgan fingerprint density at radius 3 is 2.61 bits per heavy atom. The van der Waals surface area contributed by atoms with Crippen molar-refractivity contribution in [3.63, 3.8) is 0 Å². The van der Waals surface area contributed by atoms with Gasteiger partial charge in [0.2, 0.25) is 6.10 Å². The molecule has 0 aromatic heterocycles. The summed E-state index contributed by atoms with van der Waals surface area (Å²) in [7, 11) is 0. The fraction of sp³-hybridized carbons (Fsp3) is 0.176. The van der Waals surface area contributed by atoms with Crippen LogP contribution in [-0.2, 0) is 4.79 Å². The Hall–Kier alpha value is -3.07. The van der Waals surface area contributed by atoms with E-state index < -0.39 is 23.9 Å². The van der Waals surface area contributed by atoms with E-state index in [0.717, 1.165) is 0 Å². The van der Waals surface area contributed by atoms with Crippen molar-refractivity contribution < 1.29 is 18.7 Å². The second kappa shape index (κ2) is 6.36. The summed E-state index contributed by atoms with van der Waals surface area (Å²) < 4.78 is 24.0. The number of rotatable bonds is 3. The lowest BCUT2D eigenvalue weighted by Gasteiger charge is -2.26. The number of nitrogens with one attached hydrogen (secondary N) is 1. The van der Waals surface area contributed by atoms with Gasteiger partial charge in [0.05, 0.1) is 6.07 Å². The molecule has 0 radical (unpaired) electrons. The van der Waals surface area contributed by atoms with Crippen LogP contribution in [0, 0.1) is 17.1 Å². The summed E-state index contributed by atoms with van der Waals surface area (Å²) in [5.74, 6) is 0.189. The second-order valence-corrected chi connectivity index (χ2v) is 4.99. The van der Waals surface area contributed by atoms with Gasteiger partial charge in [-0.05, 0) is 29.8 Å². The minimum absolute atomic E-state index is 0.0599. The maximum absolute atomic E-state index is 12.9. The van der Waals surface area contributed by atoms with Crippen LogP contribution in [0.5, 0.6) is 11.5 Å². The monoisotopic (exact) mass is 312 g/mol. The van der Waals surface area contributed by atoms with Crippen LogP contribution in [0.25, 0.3) is 0 Å². The van der Waals surface area contributed by atoms with Crippen molar-refractivity contribution >= 4 is 5.91 Å². The van der Waals surface area contributed by atoms with Gasteiger partial charge in [-0.25, -0.2) is 4.39 Å². The molecule has 116 valence electrons. The number of hydrogen-bond donors (Lipinski definition) is 1. The molecule has 6 heteroatoms. The van der Waals surface area contributed by atoms with E-state index >= 15 is 0 Å². The van der Waals surface area contributed by atoms with E-state index in [1.165, 1.54) is 24.3 Å². The lowest BCUT2D eigenvalue weighted by molar-refractivity contribution is -0.130. The van der Waals surface area contributed by atoms with Crippen LogP contribution in [0.4, 0.5) is 4.39 Å². The standard InChI is InChI=1S/C17H13FN2O3/c18-12-7-5-11(6-8-12)13(9-19)20-17(21)16-10-22-14-3-1-2-4-15(14)23-16/h1-8,13,16H,10H2,(H,20,21)/t13-,16-/m0/s1. The summed E-state index contributed by atoms with van der Waals surface area (Å²) >= 11 is 0. The maximum Gasteiger partial charge on any atom is 0.265 e. The Morgan fingerprint density at radius 1 is 1.22 bits per heavy atom. The van der Waals surface area contributed by atoms with E-state index in [9.17, 15) is 14.4 Å². The summed E-state index contributed by atoms with van der Waals surface area (Å²) in [6.45, 7) is 0.0599. The average molecular weight is 312 g/mol. The minimum Gasteiger partial charge on any atom is -0.485 e. The number of carbonyl (C=O) groups is 1. The van der Waals surface area contributed by atoms with Crippen molar-refractivity contribution in [3.05, 3.63) is 59.9 Å². The number of nitriles is 1. The van der Waals surface area contributed by atoms with Gasteiger partial charge in [-0.1, -0.05) is 24.3 Å². The van der Waals surface area contributed by atoms with Gasteiger partial charge in [0.1, 0.15) is 18.5 Å². The summed E-state index contributed by atoms with van der Waals surface area (Å²) in [6, 6.07) is 13.5. The zero-order chi connectivity index (χ0) is 16.2. The van der Waals surface area contributed by atoms with Gasteiger partial charge < -0.3 is 14.8 Å². The summed E-state index contributed by atoms with van der Waals surface area (Å²) in [4.78, 5) is 12.3. The molecule has 2 aromatic rings. The highest BCUT2D eigenvalue weighted by Gasteiger charge is 2.29. The van der Waals surface area contributed by atoms with Crippen LogP contribution < -0.4 is 14.8 Å². The number of carbonyl (C=O) groups excluding carboxylic acids is 1. The van der Waals surface area contributed by atoms with Gasteiger partial charge in [0.15, 0.2) is 11.5 Å². The normalized spacial score (nSPS) is 17.0. The molecule has 0 saturated carbocycles. The molecule has 1 N–H and O–H groups in total. The molecule has 1 heterocycles. The van der Waals surface area contributed by atoms with E-state index in [0.29, 0.717) is 17.1 Å². The van der Waals surface area contributed by atoms with Crippen molar-refractivity contribution in [2.24, 2.45) is 0 Å². The fourth-order valence-electron chi connectivity index (χ4n) is 2.23. The number of hydrogen-bond acceptors (Lipinski definition) is 4. The molecular formula is C17H13FN2O3. The number of fused-ring (bicyclic) bond motifs is 1. The Bertz CT molecular complexity index is 755. The third-order valence-corrected chi connectivity index (χ3v) is 3.42. The SMILES string of the molecule is N#C[C@H](NC(=O)[C@@H]1COc2ccccc2O1)c1ccc(F)cc1. The van der Waals surface area contributed by atoms with Crippen molar-refractivity contribution in [1.29, 1.82) is 5.26 Å². The molecule has 0 spiro atoms. The van der Waals surface area contributed by atoms with E-state index in [1.54, 1.807) is 18.2 Å². The summed E-state index contributed by atoms with van der Waals surface area (Å²) in [6.07, 6.45) is -0.846. The number of ether oxygens (including phenoxy) is 2. The molecule has 23 heavy (non-hydrogen) atoms. The molecule has 2 aromatic carbocycles. The van der Waals surface area contributed by atoms with Crippen molar-refractivity contribution in [2.75, 3.05) is 6.61 Å². The number of nitrogens with zero attached hydrogens (tertiary/aromatic N) is 1. The third kappa shape index (κ3) is 3.24. The first-order valence-electron chi connectivity index (χ1n) is 7.01. The zero-order valence-corrected chi connectivity index (χ0v) is 12.0. The number of para-hydroxylation sites is 2. The van der Waals surface area contributed by atoms with E-state index in [1.807, 2.05) is 12.1 Å². The minimum atomic E-state index is -0.885. The van der Waals surface area contributed by atoms with Gasteiger partial charge in [-0.2, -0.15) is 5.26 Å². The topological polar surface area (TPSA) is 71.4 Å². The molecule has 0 unspecified atom stereocenters. The van der Waals surface area contributed by atoms with Crippen LogP contribution >= 0.6 is 0 Å². The fourth-order valence-corrected chi connectivity index (χ4v) is 2.23. The van der Waals surface area contributed by atoms with Gasteiger partial charge in [-0.3, -0.25) is 4.79 Å². The van der Waals surface area contributed by atoms with Gasteiger partial charge in [0, 0.05) is 0 Å². The average Bonchev–Trinajstić information content (AvgIpc) is 2.60. The largest absolute Gasteiger partial charge is 0.485 e. The van der Waals surface area contributed by atoms with Gasteiger partial charge in [-0.15, -0.1) is 0 Å². The van der Waals surface area contributed by atoms with Crippen LogP contribution in [0.3, 0.4) is 0 Å². The highest BCUT2D eigenvalue weighted by atomic mass is 19.1. The van der Waals surface area contributed by atoms with Crippen LogP contribution in [0.1, 0.15) is 11.6 Å². The van der Waals surface area contributed by atoms with Crippen molar-refractivity contribution in [3.8, 4) is 17.6 Å². The number of benzene rings is 2. The molecule has 1 aliphatic rings. The molecule has 2 atom stereocenters. The molecular weight excluding hydrogens is 299 g/mol. The molecule has 0 bridgehead atoms. The quantitative estimate of drug-likeness (QED) is 0.944. The summed E-state index contributed by atoms with van der Waals surface area (Å²) in [5, 5.41) is 11.8.